The monoisotopic (exact) mass is 237 g/mol. The first kappa shape index (κ1) is 13.9. The van der Waals surface area contributed by atoms with Gasteiger partial charge in [0, 0.05) is 44.5 Å². The molecule has 1 aromatic heterocycles. The molecule has 1 rings (SSSR count). The number of rotatable bonds is 5. The molecule has 4 heteroatoms. The van der Waals surface area contributed by atoms with Gasteiger partial charge in [-0.25, -0.2) is 0 Å². The SMILES string of the molecule is Cn1ccc(CNCCNC(C)(C)C)cc1=O. The van der Waals surface area contributed by atoms with Gasteiger partial charge in [0.05, 0.1) is 0 Å². The average Bonchev–Trinajstić information content (AvgIpc) is 2.21. The third-order valence-electron chi connectivity index (χ3n) is 2.45. The van der Waals surface area contributed by atoms with Gasteiger partial charge in [-0.3, -0.25) is 4.79 Å². The van der Waals surface area contributed by atoms with Crippen LogP contribution in [0.4, 0.5) is 0 Å². The third-order valence-corrected chi connectivity index (χ3v) is 2.45. The normalized spacial score (nSPS) is 11.8. The van der Waals surface area contributed by atoms with E-state index in [1.165, 1.54) is 0 Å². The molecule has 0 fully saturated rings. The maximum absolute atomic E-state index is 11.4. The molecule has 0 radical (unpaired) electrons. The molecule has 0 saturated heterocycles. The number of aromatic nitrogens is 1. The average molecular weight is 237 g/mol. The summed E-state index contributed by atoms with van der Waals surface area (Å²) in [5, 5.41) is 6.71. The van der Waals surface area contributed by atoms with Crippen LogP contribution in [0.25, 0.3) is 0 Å². The predicted molar refractivity (Wildman–Crippen MR) is 71.1 cm³/mol. The predicted octanol–water partition coefficient (Wildman–Crippen LogP) is 0.863. The highest BCUT2D eigenvalue weighted by molar-refractivity contribution is 5.10. The molecule has 0 aliphatic heterocycles. The van der Waals surface area contributed by atoms with Crippen molar-refractivity contribution in [3.05, 3.63) is 34.2 Å². The highest BCUT2D eigenvalue weighted by atomic mass is 16.1. The van der Waals surface area contributed by atoms with Crippen LogP contribution < -0.4 is 16.2 Å². The Morgan fingerprint density at radius 2 is 2.00 bits per heavy atom. The molecular weight excluding hydrogens is 214 g/mol. The fourth-order valence-electron chi connectivity index (χ4n) is 1.46. The summed E-state index contributed by atoms with van der Waals surface area (Å²) in [4.78, 5) is 11.4. The van der Waals surface area contributed by atoms with E-state index in [2.05, 4.69) is 31.4 Å². The minimum atomic E-state index is 0.0390. The number of hydrogen-bond acceptors (Lipinski definition) is 3. The summed E-state index contributed by atoms with van der Waals surface area (Å²) in [5.74, 6) is 0. The van der Waals surface area contributed by atoms with Gasteiger partial charge in [0.15, 0.2) is 0 Å². The van der Waals surface area contributed by atoms with Crippen LogP contribution in [-0.2, 0) is 13.6 Å². The Labute approximate surface area is 103 Å². The van der Waals surface area contributed by atoms with Crippen molar-refractivity contribution in [3.8, 4) is 0 Å². The first-order chi connectivity index (χ1) is 7.88. The van der Waals surface area contributed by atoms with E-state index in [1.54, 1.807) is 23.9 Å². The Kier molecular flexibility index (Phi) is 4.90. The van der Waals surface area contributed by atoms with E-state index in [0.29, 0.717) is 0 Å². The molecule has 4 nitrogen and oxygen atoms in total. The molecular formula is C13H23N3O. The van der Waals surface area contributed by atoms with E-state index in [4.69, 9.17) is 0 Å². The quantitative estimate of drug-likeness (QED) is 0.747. The summed E-state index contributed by atoms with van der Waals surface area (Å²) in [6.07, 6.45) is 1.80. The first-order valence-electron chi connectivity index (χ1n) is 6.00. The van der Waals surface area contributed by atoms with E-state index in [0.717, 1.165) is 25.2 Å². The van der Waals surface area contributed by atoms with Crippen molar-refractivity contribution in [3.63, 3.8) is 0 Å². The summed E-state index contributed by atoms with van der Waals surface area (Å²) in [6.45, 7) is 9.00. The zero-order valence-corrected chi connectivity index (χ0v) is 11.2. The van der Waals surface area contributed by atoms with E-state index in [9.17, 15) is 4.79 Å². The summed E-state index contributed by atoms with van der Waals surface area (Å²) < 4.78 is 1.57. The minimum Gasteiger partial charge on any atom is -0.319 e. The molecule has 0 aliphatic carbocycles. The number of pyridine rings is 1. The van der Waals surface area contributed by atoms with Crippen molar-refractivity contribution in [1.29, 1.82) is 0 Å². The van der Waals surface area contributed by atoms with Gasteiger partial charge in [-0.05, 0) is 32.4 Å². The van der Waals surface area contributed by atoms with Gasteiger partial charge in [-0.15, -0.1) is 0 Å². The lowest BCUT2D eigenvalue weighted by Gasteiger charge is -2.20. The molecule has 0 bridgehead atoms. The van der Waals surface area contributed by atoms with E-state index in [-0.39, 0.29) is 11.1 Å². The lowest BCUT2D eigenvalue weighted by Crippen LogP contribution is -2.40. The zero-order chi connectivity index (χ0) is 12.9. The van der Waals surface area contributed by atoms with Crippen LogP contribution in [0.3, 0.4) is 0 Å². The molecule has 1 heterocycles. The molecule has 0 amide bonds. The molecule has 17 heavy (non-hydrogen) atoms. The lowest BCUT2D eigenvalue weighted by atomic mass is 10.1. The summed E-state index contributed by atoms with van der Waals surface area (Å²) >= 11 is 0. The van der Waals surface area contributed by atoms with Crippen LogP contribution in [-0.4, -0.2) is 23.2 Å². The third kappa shape index (κ3) is 5.65. The Morgan fingerprint density at radius 1 is 1.29 bits per heavy atom. The van der Waals surface area contributed by atoms with Gasteiger partial charge in [0.1, 0.15) is 0 Å². The van der Waals surface area contributed by atoms with Crippen LogP contribution in [0.15, 0.2) is 23.1 Å². The number of hydrogen-bond donors (Lipinski definition) is 2. The molecule has 1 aromatic rings. The molecule has 0 spiro atoms. The fraction of sp³-hybridized carbons (Fsp3) is 0.615. The van der Waals surface area contributed by atoms with Crippen molar-refractivity contribution in [2.75, 3.05) is 13.1 Å². The Morgan fingerprint density at radius 3 is 2.59 bits per heavy atom. The molecule has 0 unspecified atom stereocenters. The van der Waals surface area contributed by atoms with Crippen LogP contribution in [0.1, 0.15) is 26.3 Å². The van der Waals surface area contributed by atoms with Gasteiger partial charge in [0.25, 0.3) is 5.56 Å². The Balaban J connectivity index is 2.27. The second kappa shape index (κ2) is 5.98. The molecule has 2 N–H and O–H groups in total. The van der Waals surface area contributed by atoms with Crippen molar-refractivity contribution >= 4 is 0 Å². The minimum absolute atomic E-state index is 0.0390. The second-order valence-corrected chi connectivity index (χ2v) is 5.34. The van der Waals surface area contributed by atoms with Gasteiger partial charge in [-0.1, -0.05) is 0 Å². The smallest absolute Gasteiger partial charge is 0.250 e. The maximum atomic E-state index is 11.4. The molecule has 0 atom stereocenters. The van der Waals surface area contributed by atoms with Gasteiger partial charge >= 0.3 is 0 Å². The van der Waals surface area contributed by atoms with Gasteiger partial charge in [-0.2, -0.15) is 0 Å². The molecule has 96 valence electrons. The van der Waals surface area contributed by atoms with Gasteiger partial charge in [0.2, 0.25) is 0 Å². The molecule has 0 aromatic carbocycles. The zero-order valence-electron chi connectivity index (χ0n) is 11.2. The van der Waals surface area contributed by atoms with Crippen molar-refractivity contribution in [2.45, 2.75) is 32.9 Å². The fourth-order valence-corrected chi connectivity index (χ4v) is 1.46. The van der Waals surface area contributed by atoms with Crippen LogP contribution in [0, 0.1) is 0 Å². The first-order valence-corrected chi connectivity index (χ1v) is 6.00. The van der Waals surface area contributed by atoms with Crippen molar-refractivity contribution < 1.29 is 0 Å². The maximum Gasteiger partial charge on any atom is 0.250 e. The highest BCUT2D eigenvalue weighted by Gasteiger charge is 2.06. The summed E-state index contributed by atoms with van der Waals surface area (Å²) in [7, 11) is 1.76. The van der Waals surface area contributed by atoms with E-state index < -0.39 is 0 Å². The Hall–Kier alpha value is -1.13. The topological polar surface area (TPSA) is 46.1 Å². The van der Waals surface area contributed by atoms with Crippen molar-refractivity contribution in [2.24, 2.45) is 7.05 Å². The number of nitrogens with one attached hydrogen (secondary N) is 2. The van der Waals surface area contributed by atoms with Gasteiger partial charge < -0.3 is 15.2 Å². The lowest BCUT2D eigenvalue weighted by molar-refractivity contribution is 0.421. The second-order valence-electron chi connectivity index (χ2n) is 5.34. The van der Waals surface area contributed by atoms with Crippen LogP contribution in [0.5, 0.6) is 0 Å². The van der Waals surface area contributed by atoms with Crippen LogP contribution >= 0.6 is 0 Å². The number of nitrogens with zero attached hydrogens (tertiary/aromatic N) is 1. The highest BCUT2D eigenvalue weighted by Crippen LogP contribution is 1.96. The largest absolute Gasteiger partial charge is 0.319 e. The molecule has 0 saturated carbocycles. The molecule has 0 aliphatic rings. The van der Waals surface area contributed by atoms with Crippen LogP contribution in [0.2, 0.25) is 0 Å². The summed E-state index contributed by atoms with van der Waals surface area (Å²) in [5.41, 5.74) is 1.23. The number of aryl methyl sites for hydroxylation is 1. The summed E-state index contributed by atoms with van der Waals surface area (Å²) in [6, 6.07) is 3.63. The van der Waals surface area contributed by atoms with E-state index >= 15 is 0 Å². The Bertz CT molecular complexity index is 404. The van der Waals surface area contributed by atoms with Crippen molar-refractivity contribution in [1.82, 2.24) is 15.2 Å². The van der Waals surface area contributed by atoms with E-state index in [1.807, 2.05) is 6.07 Å². The standard InChI is InChI=1S/C13H23N3O/c1-13(2,3)15-7-6-14-10-11-5-8-16(4)12(17)9-11/h5,8-9,14-15H,6-7,10H2,1-4H3.